The zero-order valence-electron chi connectivity index (χ0n) is 22.7. The predicted molar refractivity (Wildman–Crippen MR) is 144 cm³/mol. The van der Waals surface area contributed by atoms with E-state index in [1.165, 1.54) is 0 Å². The first-order valence-electron chi connectivity index (χ1n) is 13.0. The minimum Gasteiger partial charge on any atom is -0.373 e. The van der Waals surface area contributed by atoms with E-state index in [2.05, 4.69) is 48.2 Å². The highest BCUT2D eigenvalue weighted by atomic mass is 19.1. The van der Waals surface area contributed by atoms with E-state index in [1.54, 1.807) is 42.9 Å². The standard InChI is InChI=1S/C29H35F2N5O3/c1-19-14-35(15-20(2)39-19)17-29(3,4)36-16-25(32-18-36)33-28(38)27(22-8-6-5-7-9-22)34-26(37)12-21-10-23(30)13-24(31)11-21/h5-11,13,16,18-20,27H,12,14-15,17H2,1-4H3,(H,33,38)(H,34,37)/t19-,20+,27?. The number of carbonyl (C=O) groups is 2. The van der Waals surface area contributed by atoms with Crippen LogP contribution in [0, 0.1) is 11.6 Å². The lowest BCUT2D eigenvalue weighted by atomic mass is 10.0. The van der Waals surface area contributed by atoms with E-state index in [0.717, 1.165) is 37.8 Å². The molecule has 1 unspecified atom stereocenters. The van der Waals surface area contributed by atoms with Crippen LogP contribution in [0.4, 0.5) is 14.6 Å². The van der Waals surface area contributed by atoms with Crippen molar-refractivity contribution in [3.05, 3.63) is 83.8 Å². The van der Waals surface area contributed by atoms with E-state index in [0.29, 0.717) is 11.4 Å². The molecule has 2 amide bonds. The number of benzene rings is 2. The lowest BCUT2D eigenvalue weighted by molar-refractivity contribution is -0.126. The van der Waals surface area contributed by atoms with Crippen LogP contribution in [0.1, 0.15) is 44.9 Å². The van der Waals surface area contributed by atoms with E-state index in [-0.39, 0.29) is 29.7 Å². The summed E-state index contributed by atoms with van der Waals surface area (Å²) in [7, 11) is 0. The second-order valence-corrected chi connectivity index (χ2v) is 10.8. The Morgan fingerprint density at radius 1 is 1.08 bits per heavy atom. The molecule has 2 heterocycles. The first-order valence-corrected chi connectivity index (χ1v) is 13.0. The van der Waals surface area contributed by atoms with Gasteiger partial charge in [-0.15, -0.1) is 0 Å². The molecular formula is C29H35F2N5O3. The summed E-state index contributed by atoms with van der Waals surface area (Å²) in [5.41, 5.74) is 0.423. The molecule has 0 radical (unpaired) electrons. The summed E-state index contributed by atoms with van der Waals surface area (Å²) in [4.78, 5) is 32.9. The van der Waals surface area contributed by atoms with Crippen LogP contribution in [0.15, 0.2) is 61.1 Å². The van der Waals surface area contributed by atoms with Gasteiger partial charge in [-0.1, -0.05) is 30.3 Å². The van der Waals surface area contributed by atoms with Gasteiger partial charge in [0.05, 0.1) is 30.5 Å². The number of morpholine rings is 1. The summed E-state index contributed by atoms with van der Waals surface area (Å²) < 4.78 is 35.0. The van der Waals surface area contributed by atoms with E-state index in [9.17, 15) is 18.4 Å². The Bertz CT molecular complexity index is 1270. The van der Waals surface area contributed by atoms with Gasteiger partial charge in [-0.2, -0.15) is 0 Å². The number of rotatable bonds is 9. The number of nitrogens with zero attached hydrogens (tertiary/aromatic N) is 3. The molecule has 1 aromatic heterocycles. The second kappa shape index (κ2) is 12.0. The van der Waals surface area contributed by atoms with Gasteiger partial charge in [0, 0.05) is 31.9 Å². The van der Waals surface area contributed by atoms with Crippen LogP contribution < -0.4 is 10.6 Å². The zero-order valence-corrected chi connectivity index (χ0v) is 22.7. The summed E-state index contributed by atoms with van der Waals surface area (Å²) in [6.45, 7) is 10.8. The summed E-state index contributed by atoms with van der Waals surface area (Å²) >= 11 is 0. The first kappa shape index (κ1) is 28.4. The van der Waals surface area contributed by atoms with Gasteiger partial charge in [-0.05, 0) is 51.0 Å². The van der Waals surface area contributed by atoms with E-state index in [4.69, 9.17) is 4.74 Å². The lowest BCUT2D eigenvalue weighted by Gasteiger charge is -2.40. The highest BCUT2D eigenvalue weighted by Crippen LogP contribution is 2.23. The zero-order chi connectivity index (χ0) is 28.2. The van der Waals surface area contributed by atoms with Gasteiger partial charge >= 0.3 is 0 Å². The van der Waals surface area contributed by atoms with E-state index >= 15 is 0 Å². The van der Waals surface area contributed by atoms with Crippen LogP contribution in [0.3, 0.4) is 0 Å². The first-order chi connectivity index (χ1) is 18.5. The molecular weight excluding hydrogens is 504 g/mol. The largest absolute Gasteiger partial charge is 0.373 e. The summed E-state index contributed by atoms with van der Waals surface area (Å²) in [6.07, 6.45) is 3.48. The molecule has 208 valence electrons. The topological polar surface area (TPSA) is 88.5 Å². The molecule has 0 bridgehead atoms. The maximum Gasteiger partial charge on any atom is 0.252 e. The predicted octanol–water partition coefficient (Wildman–Crippen LogP) is 4.04. The van der Waals surface area contributed by atoms with Crippen molar-refractivity contribution in [3.63, 3.8) is 0 Å². The van der Waals surface area contributed by atoms with Gasteiger partial charge in [0.2, 0.25) is 5.91 Å². The molecule has 0 saturated carbocycles. The number of anilines is 1. The van der Waals surface area contributed by atoms with Crippen molar-refractivity contribution in [2.75, 3.05) is 25.0 Å². The Kier molecular flexibility index (Phi) is 8.76. The van der Waals surface area contributed by atoms with Crippen LogP contribution in [0.2, 0.25) is 0 Å². The van der Waals surface area contributed by atoms with E-state index in [1.807, 2.05) is 4.57 Å². The fourth-order valence-electron chi connectivity index (χ4n) is 5.02. The van der Waals surface area contributed by atoms with Crippen LogP contribution in [-0.2, 0) is 26.3 Å². The molecule has 2 aromatic carbocycles. The Morgan fingerprint density at radius 3 is 2.36 bits per heavy atom. The summed E-state index contributed by atoms with van der Waals surface area (Å²) in [5.74, 6) is -2.24. The van der Waals surface area contributed by atoms with Crippen molar-refractivity contribution in [1.29, 1.82) is 0 Å². The van der Waals surface area contributed by atoms with Crippen LogP contribution >= 0.6 is 0 Å². The lowest BCUT2D eigenvalue weighted by Crippen LogP contribution is -2.50. The average Bonchev–Trinajstić information content (AvgIpc) is 3.31. The monoisotopic (exact) mass is 539 g/mol. The summed E-state index contributed by atoms with van der Waals surface area (Å²) in [6, 6.07) is 10.6. The fourth-order valence-corrected chi connectivity index (χ4v) is 5.02. The van der Waals surface area contributed by atoms with Crippen molar-refractivity contribution < 1.29 is 23.1 Å². The molecule has 4 rings (SSSR count). The Labute approximate surface area is 227 Å². The SMILES string of the molecule is C[C@@H]1CN(CC(C)(C)n2cnc(NC(=O)C(NC(=O)Cc3cc(F)cc(F)c3)c3ccccc3)c2)C[C@H](C)O1. The third-order valence-corrected chi connectivity index (χ3v) is 6.63. The third kappa shape index (κ3) is 7.70. The second-order valence-electron chi connectivity index (χ2n) is 10.8. The van der Waals surface area contributed by atoms with Crippen molar-refractivity contribution >= 4 is 17.6 Å². The summed E-state index contributed by atoms with van der Waals surface area (Å²) in [5, 5.41) is 5.49. The minimum atomic E-state index is -1.04. The molecule has 1 saturated heterocycles. The molecule has 39 heavy (non-hydrogen) atoms. The number of halogens is 2. The molecule has 0 spiro atoms. The van der Waals surface area contributed by atoms with Crippen LogP contribution in [-0.4, -0.2) is 58.1 Å². The molecule has 2 N–H and O–H groups in total. The highest BCUT2D eigenvalue weighted by molar-refractivity contribution is 5.97. The Morgan fingerprint density at radius 2 is 1.72 bits per heavy atom. The molecule has 1 aliphatic heterocycles. The molecule has 3 atom stereocenters. The number of nitrogens with one attached hydrogen (secondary N) is 2. The van der Waals surface area contributed by atoms with Crippen LogP contribution in [0.25, 0.3) is 0 Å². The number of hydrogen-bond acceptors (Lipinski definition) is 5. The van der Waals surface area contributed by atoms with Gasteiger partial charge < -0.3 is 19.9 Å². The average molecular weight is 540 g/mol. The van der Waals surface area contributed by atoms with Crippen LogP contribution in [0.5, 0.6) is 0 Å². The van der Waals surface area contributed by atoms with Gasteiger partial charge in [-0.3, -0.25) is 14.5 Å². The maximum atomic E-state index is 13.6. The normalized spacial score (nSPS) is 18.9. The molecule has 10 heteroatoms. The smallest absolute Gasteiger partial charge is 0.252 e. The van der Waals surface area contributed by atoms with Gasteiger partial charge in [-0.25, -0.2) is 13.8 Å². The molecule has 1 fully saturated rings. The van der Waals surface area contributed by atoms with Crippen molar-refractivity contribution in [1.82, 2.24) is 19.8 Å². The number of hydrogen-bond donors (Lipinski definition) is 2. The van der Waals surface area contributed by atoms with Crippen molar-refractivity contribution in [2.24, 2.45) is 0 Å². The van der Waals surface area contributed by atoms with Gasteiger partial charge in [0.15, 0.2) is 5.82 Å². The van der Waals surface area contributed by atoms with Gasteiger partial charge in [0.1, 0.15) is 17.7 Å². The molecule has 1 aliphatic rings. The molecule has 3 aromatic rings. The van der Waals surface area contributed by atoms with Crippen molar-refractivity contribution in [3.8, 4) is 0 Å². The van der Waals surface area contributed by atoms with E-state index < -0.39 is 29.5 Å². The highest BCUT2D eigenvalue weighted by Gasteiger charge is 2.30. The Balaban J connectivity index is 1.45. The quantitative estimate of drug-likeness (QED) is 0.429. The minimum absolute atomic E-state index is 0.159. The maximum absolute atomic E-state index is 13.6. The number of carbonyl (C=O) groups excluding carboxylic acids is 2. The number of imidazole rings is 1. The molecule has 8 nitrogen and oxygen atoms in total. The third-order valence-electron chi connectivity index (χ3n) is 6.63. The van der Waals surface area contributed by atoms with Gasteiger partial charge in [0.25, 0.3) is 5.91 Å². The number of aromatic nitrogens is 2. The fraction of sp³-hybridized carbons (Fsp3) is 0.414. The van der Waals surface area contributed by atoms with Crippen molar-refractivity contribution in [2.45, 2.75) is 57.9 Å². The number of ether oxygens (including phenoxy) is 1. The number of amides is 2. The molecule has 0 aliphatic carbocycles. The Hall–Kier alpha value is -3.63.